The van der Waals surface area contributed by atoms with Crippen molar-refractivity contribution < 1.29 is 36.5 Å². The van der Waals surface area contributed by atoms with Gasteiger partial charge >= 0.3 is 12.4 Å². The number of alkyl halides is 3. The fourth-order valence-corrected chi connectivity index (χ4v) is 0.453. The maximum atomic E-state index is 12.1. The normalized spacial score (nSPS) is 24.6. The Bertz CT molecular complexity index is 209. The van der Waals surface area contributed by atoms with E-state index in [1.165, 1.54) is 0 Å². The summed E-state index contributed by atoms with van der Waals surface area (Å²) in [5.41, 5.74) is 0. The summed E-state index contributed by atoms with van der Waals surface area (Å²) in [6, 6.07) is -1.87. The first-order valence-corrected chi connectivity index (χ1v) is 2.53. The molecule has 0 bridgehead atoms. The molecular formula is C4HF5O3. The Morgan fingerprint density at radius 3 is 2.17 bits per heavy atom. The zero-order valence-corrected chi connectivity index (χ0v) is 5.19. The molecule has 0 aromatic heterocycles. The molecule has 0 N–H and O–H groups in total. The predicted octanol–water partition coefficient (Wildman–Crippen LogP) is 1.92. The van der Waals surface area contributed by atoms with E-state index >= 15 is 0 Å². The molecule has 0 aromatic carbocycles. The van der Waals surface area contributed by atoms with Gasteiger partial charge < -0.3 is 0 Å². The second-order valence-electron chi connectivity index (χ2n) is 1.70. The van der Waals surface area contributed by atoms with Gasteiger partial charge in [-0.15, -0.1) is 18.1 Å². The smallest absolute Gasteiger partial charge is 0.300 e. The molecule has 0 radical (unpaired) electrons. The third-order valence-corrected chi connectivity index (χ3v) is 0.844. The van der Waals surface area contributed by atoms with Gasteiger partial charge in [0.2, 0.25) is 5.83 Å². The van der Waals surface area contributed by atoms with Crippen LogP contribution in [0.4, 0.5) is 22.0 Å². The monoisotopic (exact) mass is 192 g/mol. The van der Waals surface area contributed by atoms with Crippen LogP contribution in [0, 0.1) is 0 Å². The molecular weight excluding hydrogens is 191 g/mol. The number of ether oxygens (including phenoxy) is 1. The van der Waals surface area contributed by atoms with Gasteiger partial charge in [-0.05, 0) is 0 Å². The van der Waals surface area contributed by atoms with E-state index in [4.69, 9.17) is 0 Å². The van der Waals surface area contributed by atoms with Crippen molar-refractivity contribution in [3.63, 3.8) is 0 Å². The summed E-state index contributed by atoms with van der Waals surface area (Å²) >= 11 is 0. The van der Waals surface area contributed by atoms with Crippen molar-refractivity contribution in [1.82, 2.24) is 0 Å². The molecule has 1 heterocycles. The van der Waals surface area contributed by atoms with Crippen LogP contribution in [-0.4, -0.2) is 12.7 Å². The van der Waals surface area contributed by atoms with Crippen LogP contribution in [0.3, 0.4) is 0 Å². The van der Waals surface area contributed by atoms with Crippen molar-refractivity contribution in [2.45, 2.75) is 12.7 Å². The van der Waals surface area contributed by atoms with Gasteiger partial charge in [-0.1, -0.05) is 0 Å². The summed E-state index contributed by atoms with van der Waals surface area (Å²) in [6.45, 7) is 0. The summed E-state index contributed by atoms with van der Waals surface area (Å²) in [6.07, 6.45) is -7.62. The van der Waals surface area contributed by atoms with E-state index < -0.39 is 24.5 Å². The van der Waals surface area contributed by atoms with Crippen LogP contribution >= 0.6 is 0 Å². The molecule has 12 heavy (non-hydrogen) atoms. The molecule has 3 nitrogen and oxygen atoms in total. The van der Waals surface area contributed by atoms with Crippen molar-refractivity contribution in [2.75, 3.05) is 0 Å². The Morgan fingerprint density at radius 1 is 1.25 bits per heavy atom. The van der Waals surface area contributed by atoms with Crippen LogP contribution in [0.2, 0.25) is 0 Å². The fourth-order valence-electron chi connectivity index (χ4n) is 0.453. The van der Waals surface area contributed by atoms with E-state index in [1.54, 1.807) is 0 Å². The quantitative estimate of drug-likeness (QED) is 0.469. The van der Waals surface area contributed by atoms with Crippen molar-refractivity contribution in [2.24, 2.45) is 0 Å². The lowest BCUT2D eigenvalue weighted by Gasteiger charge is -2.09. The van der Waals surface area contributed by atoms with Gasteiger partial charge in [0.05, 0.1) is 0 Å². The van der Waals surface area contributed by atoms with Crippen LogP contribution in [0.15, 0.2) is 11.8 Å². The van der Waals surface area contributed by atoms with Crippen LogP contribution in [0.25, 0.3) is 0 Å². The largest absolute Gasteiger partial charge is 0.525 e. The highest BCUT2D eigenvalue weighted by Gasteiger charge is 2.42. The van der Waals surface area contributed by atoms with E-state index in [0.717, 1.165) is 0 Å². The van der Waals surface area contributed by atoms with E-state index in [0.29, 0.717) is 0 Å². The second-order valence-corrected chi connectivity index (χ2v) is 1.70. The molecule has 70 valence electrons. The summed E-state index contributed by atoms with van der Waals surface area (Å²) in [5, 5.41) is 0. The molecule has 0 fully saturated rings. The molecule has 1 aliphatic heterocycles. The minimum absolute atomic E-state index is 1.87. The average Bonchev–Trinajstić information content (AvgIpc) is 2.16. The molecule has 0 amide bonds. The van der Waals surface area contributed by atoms with E-state index in [2.05, 4.69) is 14.5 Å². The fraction of sp³-hybridized carbons (Fsp3) is 0.500. The summed E-state index contributed by atoms with van der Waals surface area (Å²) in [7, 11) is 0. The molecule has 1 rings (SSSR count). The Labute approximate surface area is 62.2 Å². The zero-order valence-electron chi connectivity index (χ0n) is 5.19. The van der Waals surface area contributed by atoms with Crippen molar-refractivity contribution in [1.29, 1.82) is 0 Å². The van der Waals surface area contributed by atoms with Crippen LogP contribution in [0.1, 0.15) is 0 Å². The SMILES string of the molecule is FC1=C(F)C(OC(F)(F)F)OO1. The van der Waals surface area contributed by atoms with Gasteiger partial charge in [-0.3, -0.25) is 9.62 Å². The van der Waals surface area contributed by atoms with Gasteiger partial charge in [0, 0.05) is 0 Å². The molecule has 0 saturated carbocycles. The molecule has 1 atom stereocenters. The summed E-state index contributed by atoms with van der Waals surface area (Å²) in [5.74, 6) is -1.88. The van der Waals surface area contributed by atoms with Crippen molar-refractivity contribution in [3.8, 4) is 0 Å². The van der Waals surface area contributed by atoms with Crippen molar-refractivity contribution in [3.05, 3.63) is 11.8 Å². The lowest BCUT2D eigenvalue weighted by molar-refractivity contribution is -0.421. The highest BCUT2D eigenvalue weighted by Crippen LogP contribution is 2.30. The molecule has 0 saturated heterocycles. The lowest BCUT2D eigenvalue weighted by atomic mass is 10.5. The third-order valence-electron chi connectivity index (χ3n) is 0.844. The molecule has 8 heteroatoms. The second kappa shape index (κ2) is 2.87. The Kier molecular flexibility index (Phi) is 2.20. The predicted molar refractivity (Wildman–Crippen MR) is 22.3 cm³/mol. The molecule has 0 aromatic rings. The Morgan fingerprint density at radius 2 is 1.83 bits per heavy atom. The topological polar surface area (TPSA) is 27.7 Å². The standard InChI is InChI=1S/C4HF5O3/c5-1-2(6)11-12-3(1)10-4(7,8)9/h3H. The minimum Gasteiger partial charge on any atom is -0.300 e. The van der Waals surface area contributed by atoms with E-state index in [9.17, 15) is 22.0 Å². The third kappa shape index (κ3) is 2.05. The lowest BCUT2D eigenvalue weighted by Crippen LogP contribution is -2.24. The van der Waals surface area contributed by atoms with Gasteiger partial charge in [0.25, 0.3) is 6.29 Å². The van der Waals surface area contributed by atoms with Crippen LogP contribution < -0.4 is 0 Å². The number of halogens is 5. The first kappa shape index (κ1) is 9.20. The first-order chi connectivity index (χ1) is 5.40. The minimum atomic E-state index is -5.12. The first-order valence-electron chi connectivity index (χ1n) is 2.53. The highest BCUT2D eigenvalue weighted by atomic mass is 19.4. The zero-order chi connectivity index (χ0) is 9.35. The average molecular weight is 192 g/mol. The van der Waals surface area contributed by atoms with E-state index in [-0.39, 0.29) is 0 Å². The van der Waals surface area contributed by atoms with Crippen LogP contribution in [0.5, 0.6) is 0 Å². The van der Waals surface area contributed by atoms with Gasteiger partial charge in [0.15, 0.2) is 0 Å². The highest BCUT2D eigenvalue weighted by molar-refractivity contribution is 4.98. The van der Waals surface area contributed by atoms with Crippen LogP contribution in [-0.2, 0) is 14.5 Å². The summed E-state index contributed by atoms with van der Waals surface area (Å²) in [4.78, 5) is 6.82. The molecule has 1 unspecified atom stereocenters. The van der Waals surface area contributed by atoms with Crippen molar-refractivity contribution >= 4 is 0 Å². The number of rotatable bonds is 1. The number of hydrogen-bond acceptors (Lipinski definition) is 3. The maximum absolute atomic E-state index is 12.1. The number of hydrogen-bond donors (Lipinski definition) is 0. The summed E-state index contributed by atoms with van der Waals surface area (Å²) < 4.78 is 61.0. The molecule has 1 aliphatic rings. The van der Waals surface area contributed by atoms with Gasteiger partial charge in [0.1, 0.15) is 0 Å². The van der Waals surface area contributed by atoms with Gasteiger partial charge in [-0.2, -0.15) is 8.78 Å². The molecule has 0 spiro atoms. The maximum Gasteiger partial charge on any atom is 0.525 e. The van der Waals surface area contributed by atoms with E-state index in [1.807, 2.05) is 0 Å². The van der Waals surface area contributed by atoms with Gasteiger partial charge in [-0.25, -0.2) is 0 Å². The Hall–Kier alpha value is -0.890. The Balaban J connectivity index is 2.57. The molecule has 0 aliphatic carbocycles.